The number of sulfonamides is 1. The smallest absolute Gasteiger partial charge is 0.243 e. The summed E-state index contributed by atoms with van der Waals surface area (Å²) in [5.41, 5.74) is 1.12. The Morgan fingerprint density at radius 3 is 2.52 bits per heavy atom. The number of carbonyl (C=O) groups is 1. The highest BCUT2D eigenvalue weighted by Gasteiger charge is 2.46. The zero-order valence-electron chi connectivity index (χ0n) is 12.2. The van der Waals surface area contributed by atoms with Gasteiger partial charge in [0, 0.05) is 19.0 Å². The molecule has 1 aromatic carbocycles. The summed E-state index contributed by atoms with van der Waals surface area (Å²) in [5.74, 6) is 0.314. The predicted octanol–water partition coefficient (Wildman–Crippen LogP) is 1.46. The normalized spacial score (nSPS) is 26.1. The van der Waals surface area contributed by atoms with Gasteiger partial charge in [0.05, 0.1) is 10.9 Å². The van der Waals surface area contributed by atoms with Crippen LogP contribution in [0, 0.1) is 0 Å². The van der Waals surface area contributed by atoms with Crippen LogP contribution in [-0.2, 0) is 14.8 Å². The van der Waals surface area contributed by atoms with E-state index in [1.807, 2.05) is 12.1 Å². The molecule has 21 heavy (non-hydrogen) atoms. The average Bonchev–Trinajstić information content (AvgIpc) is 2.97. The zero-order chi connectivity index (χ0) is 15.2. The fourth-order valence-electron chi connectivity index (χ4n) is 3.15. The molecule has 2 saturated heterocycles. The van der Waals surface area contributed by atoms with Crippen molar-refractivity contribution in [1.82, 2.24) is 9.62 Å². The van der Waals surface area contributed by atoms with E-state index in [0.717, 1.165) is 5.56 Å². The van der Waals surface area contributed by atoms with Crippen LogP contribution in [0.25, 0.3) is 0 Å². The van der Waals surface area contributed by atoms with Crippen molar-refractivity contribution in [3.05, 3.63) is 29.8 Å². The summed E-state index contributed by atoms with van der Waals surface area (Å²) in [6.45, 7) is 4.62. The van der Waals surface area contributed by atoms with E-state index in [9.17, 15) is 13.2 Å². The van der Waals surface area contributed by atoms with Crippen molar-refractivity contribution < 1.29 is 13.2 Å². The Labute approximate surface area is 125 Å². The Morgan fingerprint density at radius 2 is 1.90 bits per heavy atom. The van der Waals surface area contributed by atoms with E-state index in [1.165, 1.54) is 4.31 Å². The molecule has 1 amide bonds. The van der Waals surface area contributed by atoms with Gasteiger partial charge in [-0.25, -0.2) is 8.42 Å². The number of nitrogens with zero attached hydrogens (tertiary/aromatic N) is 1. The minimum absolute atomic E-state index is 0.0257. The van der Waals surface area contributed by atoms with Crippen LogP contribution in [-0.4, -0.2) is 37.3 Å². The maximum atomic E-state index is 12.8. The second-order valence-electron chi connectivity index (χ2n) is 6.07. The van der Waals surface area contributed by atoms with Gasteiger partial charge in [-0.15, -0.1) is 0 Å². The van der Waals surface area contributed by atoms with Gasteiger partial charge >= 0.3 is 0 Å². The van der Waals surface area contributed by atoms with Gasteiger partial charge in [0.15, 0.2) is 0 Å². The first-order valence-electron chi connectivity index (χ1n) is 7.31. The second kappa shape index (κ2) is 5.10. The van der Waals surface area contributed by atoms with Crippen molar-refractivity contribution in [2.45, 2.75) is 49.6 Å². The van der Waals surface area contributed by atoms with Gasteiger partial charge in [0.1, 0.15) is 0 Å². The third kappa shape index (κ3) is 2.46. The number of benzene rings is 1. The third-order valence-corrected chi connectivity index (χ3v) is 6.33. The highest BCUT2D eigenvalue weighted by atomic mass is 32.2. The minimum atomic E-state index is -3.52. The summed E-state index contributed by atoms with van der Waals surface area (Å²) in [4.78, 5) is 11.8. The number of fused-ring (bicyclic) bond motifs is 1. The van der Waals surface area contributed by atoms with Gasteiger partial charge in [0.2, 0.25) is 15.9 Å². The number of nitrogens with one attached hydrogen (secondary N) is 1. The predicted molar refractivity (Wildman–Crippen MR) is 79.4 cm³/mol. The van der Waals surface area contributed by atoms with E-state index in [1.54, 1.807) is 12.1 Å². The molecule has 0 aromatic heterocycles. The lowest BCUT2D eigenvalue weighted by atomic mass is 10.0. The van der Waals surface area contributed by atoms with Crippen LogP contribution in [0.15, 0.2) is 29.2 Å². The highest BCUT2D eigenvalue weighted by molar-refractivity contribution is 7.89. The molecule has 5 nitrogen and oxygen atoms in total. The summed E-state index contributed by atoms with van der Waals surface area (Å²) in [6.07, 6.45) is 0.966. The van der Waals surface area contributed by atoms with Crippen LogP contribution in [0.4, 0.5) is 0 Å². The lowest BCUT2D eigenvalue weighted by molar-refractivity contribution is -0.119. The second-order valence-corrected chi connectivity index (χ2v) is 7.96. The summed E-state index contributed by atoms with van der Waals surface area (Å²) in [7, 11) is -3.52. The van der Waals surface area contributed by atoms with E-state index in [-0.39, 0.29) is 24.4 Å². The molecule has 6 heteroatoms. The molecular weight excluding hydrogens is 288 g/mol. The van der Waals surface area contributed by atoms with E-state index in [2.05, 4.69) is 19.2 Å². The molecule has 1 aromatic rings. The molecule has 2 fully saturated rings. The molecule has 0 spiro atoms. The van der Waals surface area contributed by atoms with Crippen molar-refractivity contribution >= 4 is 15.9 Å². The van der Waals surface area contributed by atoms with Gasteiger partial charge in [-0.1, -0.05) is 26.0 Å². The van der Waals surface area contributed by atoms with Crippen LogP contribution in [0.2, 0.25) is 0 Å². The Balaban J connectivity index is 1.88. The first kappa shape index (κ1) is 14.5. The average molecular weight is 308 g/mol. The number of hydrogen-bond acceptors (Lipinski definition) is 3. The summed E-state index contributed by atoms with van der Waals surface area (Å²) < 4.78 is 27.0. The molecule has 0 saturated carbocycles. The first-order chi connectivity index (χ1) is 9.89. The van der Waals surface area contributed by atoms with Gasteiger partial charge in [-0.05, 0) is 30.0 Å². The van der Waals surface area contributed by atoms with Crippen LogP contribution in [0.5, 0.6) is 0 Å². The standard InChI is InChI=1S/C15H20N2O3S/c1-10(2)11-3-5-12(6-4-11)21(19,20)17-8-7-13-14(17)9-15(18)16-13/h3-6,10,13-14H,7-9H2,1-2H3,(H,16,18)/t13-,14+/m1/s1. The third-order valence-electron chi connectivity index (χ3n) is 4.39. The monoisotopic (exact) mass is 308 g/mol. The van der Waals surface area contributed by atoms with Crippen LogP contribution < -0.4 is 5.32 Å². The first-order valence-corrected chi connectivity index (χ1v) is 8.75. The summed E-state index contributed by atoms with van der Waals surface area (Å²) >= 11 is 0. The van der Waals surface area contributed by atoms with Gasteiger partial charge in [-0.3, -0.25) is 4.79 Å². The molecule has 2 aliphatic heterocycles. The molecule has 2 atom stereocenters. The van der Waals surface area contributed by atoms with E-state index in [4.69, 9.17) is 0 Å². The molecule has 0 aliphatic carbocycles. The zero-order valence-corrected chi connectivity index (χ0v) is 13.1. The SMILES string of the molecule is CC(C)c1ccc(S(=O)(=O)N2CC[C@H]3NC(=O)C[C@@H]32)cc1. The lowest BCUT2D eigenvalue weighted by Crippen LogP contribution is -2.38. The van der Waals surface area contributed by atoms with E-state index < -0.39 is 10.0 Å². The van der Waals surface area contributed by atoms with Gasteiger partial charge < -0.3 is 5.32 Å². The topological polar surface area (TPSA) is 66.5 Å². The van der Waals surface area contributed by atoms with Crippen molar-refractivity contribution in [1.29, 1.82) is 0 Å². The maximum Gasteiger partial charge on any atom is 0.243 e. The largest absolute Gasteiger partial charge is 0.352 e. The van der Waals surface area contributed by atoms with E-state index in [0.29, 0.717) is 23.8 Å². The van der Waals surface area contributed by atoms with Crippen LogP contribution in [0.1, 0.15) is 38.2 Å². The van der Waals surface area contributed by atoms with Crippen molar-refractivity contribution in [2.75, 3.05) is 6.54 Å². The summed E-state index contributed by atoms with van der Waals surface area (Å²) in [5, 5.41) is 2.85. The Kier molecular flexibility index (Phi) is 3.53. The highest BCUT2D eigenvalue weighted by Crippen LogP contribution is 2.31. The van der Waals surface area contributed by atoms with Crippen LogP contribution >= 0.6 is 0 Å². The molecule has 3 rings (SSSR count). The molecule has 2 heterocycles. The minimum Gasteiger partial charge on any atom is -0.352 e. The van der Waals surface area contributed by atoms with Gasteiger partial charge in [0.25, 0.3) is 0 Å². The fourth-order valence-corrected chi connectivity index (χ4v) is 4.83. The Bertz CT molecular complexity index is 652. The Hall–Kier alpha value is -1.40. The fraction of sp³-hybridized carbons (Fsp3) is 0.533. The molecule has 1 N–H and O–H groups in total. The van der Waals surface area contributed by atoms with Gasteiger partial charge in [-0.2, -0.15) is 4.31 Å². The van der Waals surface area contributed by atoms with Crippen molar-refractivity contribution in [3.8, 4) is 0 Å². The molecule has 0 radical (unpaired) electrons. The molecular formula is C15H20N2O3S. The molecule has 114 valence electrons. The molecule has 0 bridgehead atoms. The van der Waals surface area contributed by atoms with Crippen molar-refractivity contribution in [2.24, 2.45) is 0 Å². The van der Waals surface area contributed by atoms with Crippen molar-refractivity contribution in [3.63, 3.8) is 0 Å². The lowest BCUT2D eigenvalue weighted by Gasteiger charge is -2.22. The Morgan fingerprint density at radius 1 is 1.24 bits per heavy atom. The molecule has 0 unspecified atom stereocenters. The van der Waals surface area contributed by atoms with E-state index >= 15 is 0 Å². The maximum absolute atomic E-state index is 12.8. The molecule has 2 aliphatic rings. The number of carbonyl (C=O) groups excluding carboxylic acids is 1. The summed E-state index contributed by atoms with van der Waals surface area (Å²) in [6, 6.07) is 6.81. The number of rotatable bonds is 3. The quantitative estimate of drug-likeness (QED) is 0.919. The number of hydrogen-bond donors (Lipinski definition) is 1. The number of amides is 1. The van der Waals surface area contributed by atoms with Crippen LogP contribution in [0.3, 0.4) is 0 Å².